The summed E-state index contributed by atoms with van der Waals surface area (Å²) in [6.07, 6.45) is 2.12. The van der Waals surface area contributed by atoms with Crippen molar-refractivity contribution in [3.05, 3.63) is 76.9 Å². The van der Waals surface area contributed by atoms with E-state index in [9.17, 15) is 9.59 Å². The van der Waals surface area contributed by atoms with Gasteiger partial charge in [-0.1, -0.05) is 17.3 Å². The monoisotopic (exact) mass is 420 g/mol. The number of aromatic nitrogens is 2. The molecule has 0 atom stereocenters. The Morgan fingerprint density at radius 2 is 1.87 bits per heavy atom. The molecule has 0 spiro atoms. The van der Waals surface area contributed by atoms with Crippen LogP contribution in [0.4, 0.5) is 0 Å². The third kappa shape index (κ3) is 5.28. The van der Waals surface area contributed by atoms with Gasteiger partial charge >= 0.3 is 0 Å². The van der Waals surface area contributed by atoms with E-state index in [2.05, 4.69) is 15.5 Å². The van der Waals surface area contributed by atoms with Crippen molar-refractivity contribution < 1.29 is 18.8 Å². The van der Waals surface area contributed by atoms with Crippen LogP contribution in [0.3, 0.4) is 0 Å². The molecule has 31 heavy (non-hydrogen) atoms. The Bertz CT molecular complexity index is 1060. The molecule has 1 N–H and O–H groups in total. The van der Waals surface area contributed by atoms with Crippen LogP contribution in [-0.2, 0) is 13.2 Å². The summed E-state index contributed by atoms with van der Waals surface area (Å²) >= 11 is 0. The number of amides is 2. The van der Waals surface area contributed by atoms with E-state index in [1.165, 1.54) is 0 Å². The van der Waals surface area contributed by atoms with Crippen molar-refractivity contribution in [1.82, 2.24) is 20.4 Å². The number of carbonyl (C=O) groups is 2. The molecule has 4 rings (SSSR count). The molecule has 2 aromatic carbocycles. The van der Waals surface area contributed by atoms with E-state index in [1.807, 2.05) is 29.2 Å². The number of aryl methyl sites for hydroxylation is 1. The highest BCUT2D eigenvalue weighted by molar-refractivity contribution is 5.95. The second-order valence-corrected chi connectivity index (χ2v) is 7.43. The average Bonchev–Trinajstić information content (AvgIpc) is 3.48. The predicted molar refractivity (Wildman–Crippen MR) is 113 cm³/mol. The van der Waals surface area contributed by atoms with E-state index in [-0.39, 0.29) is 18.4 Å². The van der Waals surface area contributed by atoms with Gasteiger partial charge in [-0.05, 0) is 54.8 Å². The van der Waals surface area contributed by atoms with Gasteiger partial charge < -0.3 is 19.5 Å². The predicted octanol–water partition coefficient (Wildman–Crippen LogP) is 3.12. The van der Waals surface area contributed by atoms with E-state index >= 15 is 0 Å². The Hall–Kier alpha value is -3.68. The number of hydrogen-bond donors (Lipinski definition) is 1. The molecule has 1 fully saturated rings. The van der Waals surface area contributed by atoms with Crippen LogP contribution in [0, 0.1) is 6.92 Å². The van der Waals surface area contributed by atoms with Crippen molar-refractivity contribution in [2.24, 2.45) is 0 Å². The maximum atomic E-state index is 12.5. The zero-order chi connectivity index (χ0) is 21.6. The quantitative estimate of drug-likeness (QED) is 0.631. The third-order valence-electron chi connectivity index (χ3n) is 5.07. The lowest BCUT2D eigenvalue weighted by Gasteiger charge is -2.15. The maximum Gasteiger partial charge on any atom is 0.253 e. The van der Waals surface area contributed by atoms with E-state index in [1.54, 1.807) is 31.2 Å². The van der Waals surface area contributed by atoms with Crippen molar-refractivity contribution in [3.63, 3.8) is 0 Å². The first-order chi connectivity index (χ1) is 15.1. The lowest BCUT2D eigenvalue weighted by Crippen LogP contribution is -2.28. The molecule has 0 radical (unpaired) electrons. The molecule has 2 amide bonds. The van der Waals surface area contributed by atoms with Gasteiger partial charge in [0.25, 0.3) is 11.8 Å². The molecule has 1 aliphatic heterocycles. The molecule has 0 aliphatic carbocycles. The lowest BCUT2D eigenvalue weighted by molar-refractivity contribution is 0.0792. The minimum Gasteiger partial charge on any atom is -0.485 e. The highest BCUT2D eigenvalue weighted by Crippen LogP contribution is 2.16. The van der Waals surface area contributed by atoms with Crippen molar-refractivity contribution in [1.29, 1.82) is 0 Å². The number of hydrogen-bond acceptors (Lipinski definition) is 6. The molecule has 0 saturated carbocycles. The molecular formula is C23H24N4O4. The van der Waals surface area contributed by atoms with E-state index in [0.29, 0.717) is 35.1 Å². The molecule has 1 aromatic heterocycles. The topological polar surface area (TPSA) is 97.6 Å². The summed E-state index contributed by atoms with van der Waals surface area (Å²) in [4.78, 5) is 31.0. The molecule has 2 heterocycles. The molecule has 8 heteroatoms. The molecule has 160 valence electrons. The summed E-state index contributed by atoms with van der Waals surface area (Å²) in [5, 5.41) is 6.66. The van der Waals surface area contributed by atoms with Gasteiger partial charge in [0.2, 0.25) is 11.7 Å². The molecule has 0 unspecified atom stereocenters. The third-order valence-corrected chi connectivity index (χ3v) is 5.07. The Balaban J connectivity index is 1.30. The molecule has 1 aliphatic rings. The van der Waals surface area contributed by atoms with Crippen LogP contribution < -0.4 is 10.1 Å². The number of nitrogens with zero attached hydrogens (tertiary/aromatic N) is 3. The zero-order valence-electron chi connectivity index (χ0n) is 17.3. The number of likely N-dealkylation sites (tertiary alicyclic amines) is 1. The first kappa shape index (κ1) is 20.6. The second kappa shape index (κ2) is 9.42. The highest BCUT2D eigenvalue weighted by Gasteiger charge is 2.19. The van der Waals surface area contributed by atoms with Gasteiger partial charge in [-0.3, -0.25) is 9.59 Å². The minimum absolute atomic E-state index is 0.0530. The molecule has 0 bridgehead atoms. The number of ether oxygens (including phenoxy) is 1. The smallest absolute Gasteiger partial charge is 0.253 e. The summed E-state index contributed by atoms with van der Waals surface area (Å²) < 4.78 is 10.5. The highest BCUT2D eigenvalue weighted by atomic mass is 16.5. The number of nitrogens with one attached hydrogen (secondary N) is 1. The zero-order valence-corrected chi connectivity index (χ0v) is 17.3. The van der Waals surface area contributed by atoms with Crippen LogP contribution >= 0.6 is 0 Å². The summed E-state index contributed by atoms with van der Waals surface area (Å²) in [6.45, 7) is 3.87. The van der Waals surface area contributed by atoms with Crippen LogP contribution in [0.2, 0.25) is 0 Å². The minimum atomic E-state index is -0.198. The van der Waals surface area contributed by atoms with Crippen LogP contribution in [0.25, 0.3) is 0 Å². The standard InChI is InChI=1S/C23H24N4O4/c1-16-25-21(26-31-16)15-30-20-9-7-18(8-10-20)22(28)24-14-17-5-4-6-19(13-17)23(29)27-11-2-3-12-27/h4-10,13H,2-3,11-12,14-15H2,1H3,(H,24,28). The van der Waals surface area contributed by atoms with Gasteiger partial charge in [0, 0.05) is 37.7 Å². The number of rotatable bonds is 7. The van der Waals surface area contributed by atoms with Crippen molar-refractivity contribution >= 4 is 11.8 Å². The average molecular weight is 420 g/mol. The van der Waals surface area contributed by atoms with Crippen molar-refractivity contribution in [3.8, 4) is 5.75 Å². The van der Waals surface area contributed by atoms with Crippen molar-refractivity contribution in [2.75, 3.05) is 13.1 Å². The van der Waals surface area contributed by atoms with Gasteiger partial charge in [-0.25, -0.2) is 0 Å². The first-order valence-electron chi connectivity index (χ1n) is 10.3. The van der Waals surface area contributed by atoms with Gasteiger partial charge in [-0.15, -0.1) is 0 Å². The Morgan fingerprint density at radius 1 is 1.10 bits per heavy atom. The molecular weight excluding hydrogens is 396 g/mol. The summed E-state index contributed by atoms with van der Waals surface area (Å²) in [7, 11) is 0. The van der Waals surface area contributed by atoms with Crippen molar-refractivity contribution in [2.45, 2.75) is 32.9 Å². The van der Waals surface area contributed by atoms with Crippen LogP contribution in [0.1, 0.15) is 50.8 Å². The van der Waals surface area contributed by atoms with Gasteiger partial charge in [-0.2, -0.15) is 4.98 Å². The van der Waals surface area contributed by atoms with E-state index < -0.39 is 0 Å². The van der Waals surface area contributed by atoms with Crippen LogP contribution in [-0.4, -0.2) is 39.9 Å². The second-order valence-electron chi connectivity index (χ2n) is 7.43. The Labute approximate surface area is 180 Å². The summed E-state index contributed by atoms with van der Waals surface area (Å²) in [6, 6.07) is 14.2. The van der Waals surface area contributed by atoms with Crippen LogP contribution in [0.15, 0.2) is 53.1 Å². The largest absolute Gasteiger partial charge is 0.485 e. The van der Waals surface area contributed by atoms with Crippen LogP contribution in [0.5, 0.6) is 5.75 Å². The molecule has 1 saturated heterocycles. The Morgan fingerprint density at radius 3 is 2.58 bits per heavy atom. The van der Waals surface area contributed by atoms with E-state index in [0.717, 1.165) is 31.5 Å². The van der Waals surface area contributed by atoms with Gasteiger partial charge in [0.1, 0.15) is 5.75 Å². The molecule has 8 nitrogen and oxygen atoms in total. The Kier molecular flexibility index (Phi) is 6.26. The summed E-state index contributed by atoms with van der Waals surface area (Å²) in [5.41, 5.74) is 2.06. The fourth-order valence-corrected chi connectivity index (χ4v) is 3.45. The fraction of sp³-hybridized carbons (Fsp3) is 0.304. The SMILES string of the molecule is Cc1nc(COc2ccc(C(=O)NCc3cccc(C(=O)N4CCCC4)c3)cc2)no1. The maximum absolute atomic E-state index is 12.5. The normalized spacial score (nSPS) is 13.3. The van der Waals surface area contributed by atoms with Gasteiger partial charge in [0.15, 0.2) is 6.61 Å². The number of carbonyl (C=O) groups excluding carboxylic acids is 2. The fourth-order valence-electron chi connectivity index (χ4n) is 3.45. The lowest BCUT2D eigenvalue weighted by atomic mass is 10.1. The van der Waals surface area contributed by atoms with E-state index in [4.69, 9.17) is 9.26 Å². The summed E-state index contributed by atoms with van der Waals surface area (Å²) in [5.74, 6) is 1.40. The molecule has 3 aromatic rings. The first-order valence-corrected chi connectivity index (χ1v) is 10.3. The van der Waals surface area contributed by atoms with Gasteiger partial charge in [0.05, 0.1) is 0 Å². The number of benzene rings is 2.